The number of imidazole rings is 4. The number of H-pyrrole nitrogens is 1. The minimum Gasteiger partial charge on any atom is -0.507 e. The van der Waals surface area contributed by atoms with Gasteiger partial charge in [0.2, 0.25) is 41.0 Å². The number of hydrogen-bond donors (Lipinski definition) is 10. The molecule has 508 valence electrons. The fourth-order valence-electron chi connectivity index (χ4n) is 11.3. The quantitative estimate of drug-likeness (QED) is 0.0299. The molecule has 1 fully saturated rings. The molecule has 10 rings (SSSR count). The van der Waals surface area contributed by atoms with E-state index in [0.717, 1.165) is 68.6 Å². The highest BCUT2D eigenvalue weighted by Crippen LogP contribution is 2.46. The number of carbonyl (C=O) groups excluding carboxylic acids is 9. The fourth-order valence-corrected chi connectivity index (χ4v) is 11.6. The van der Waals surface area contributed by atoms with Crippen molar-refractivity contribution in [2.24, 2.45) is 28.2 Å². The Kier molecular flexibility index (Phi) is 22.7. The first kappa shape index (κ1) is 69.8. The number of piperazine rings is 1. The lowest BCUT2D eigenvalue weighted by Gasteiger charge is -2.34. The summed E-state index contributed by atoms with van der Waals surface area (Å²) in [6, 6.07) is 13.8. The molecule has 0 aliphatic carbocycles. The van der Waals surface area contributed by atoms with E-state index in [4.69, 9.17) is 11.6 Å². The van der Waals surface area contributed by atoms with Crippen molar-refractivity contribution < 1.29 is 48.3 Å². The summed E-state index contributed by atoms with van der Waals surface area (Å²) in [5.41, 5.74) is 3.65. The van der Waals surface area contributed by atoms with Gasteiger partial charge in [-0.25, -0.2) is 19.9 Å². The Labute approximate surface area is 557 Å². The molecule has 9 amide bonds. The van der Waals surface area contributed by atoms with Crippen LogP contribution in [0.1, 0.15) is 115 Å². The molecule has 10 N–H and O–H groups in total. The minimum absolute atomic E-state index is 0.000750. The molecule has 31 nitrogen and oxygen atoms in total. The number of alkyl halides is 1. The lowest BCUT2D eigenvalue weighted by Crippen LogP contribution is -2.47. The average Bonchev–Trinajstić information content (AvgIpc) is 1.87. The molecular weight excluding hydrogens is 1260 g/mol. The first-order valence-corrected chi connectivity index (χ1v) is 31.8. The van der Waals surface area contributed by atoms with Crippen LogP contribution in [0.3, 0.4) is 0 Å². The topological polar surface area (TPSA) is 370 Å². The molecule has 8 aromatic rings. The summed E-state index contributed by atoms with van der Waals surface area (Å²) < 4.78 is 5.69. The Balaban J connectivity index is 0.000000254. The average molecular weight is 1340 g/mol. The van der Waals surface area contributed by atoms with Crippen molar-refractivity contribution in [1.29, 1.82) is 0 Å². The molecule has 2 aliphatic rings. The summed E-state index contributed by atoms with van der Waals surface area (Å²) in [5, 5.41) is 34.5. The van der Waals surface area contributed by atoms with Gasteiger partial charge in [0.1, 0.15) is 11.4 Å². The number of halogens is 1. The molecule has 1 saturated heterocycles. The number of amides is 9. The van der Waals surface area contributed by atoms with Crippen molar-refractivity contribution in [3.8, 4) is 5.75 Å². The number of phenols is 1. The lowest BCUT2D eigenvalue weighted by molar-refractivity contribution is -0.121. The van der Waals surface area contributed by atoms with Crippen molar-refractivity contribution >= 4 is 121 Å². The lowest BCUT2D eigenvalue weighted by atomic mass is 9.94. The van der Waals surface area contributed by atoms with Gasteiger partial charge >= 0.3 is 0 Å². The molecule has 7 heterocycles. The number of aromatic amines is 1. The number of hydrogen-bond acceptors (Lipinski definition) is 17. The number of aryl methyl sites for hydroxylation is 4. The normalized spacial score (nSPS) is 13.8. The zero-order valence-electron chi connectivity index (χ0n) is 55.0. The maximum atomic E-state index is 13.6. The summed E-state index contributed by atoms with van der Waals surface area (Å²) in [7, 11) is 9.82. The van der Waals surface area contributed by atoms with Crippen LogP contribution >= 0.6 is 11.6 Å². The summed E-state index contributed by atoms with van der Waals surface area (Å²) in [6.07, 6.45) is 7.95. The van der Waals surface area contributed by atoms with Crippen molar-refractivity contribution in [2.75, 3.05) is 123 Å². The van der Waals surface area contributed by atoms with E-state index < -0.39 is 23.6 Å². The van der Waals surface area contributed by atoms with E-state index in [1.165, 1.54) is 50.0 Å². The van der Waals surface area contributed by atoms with E-state index in [1.54, 1.807) is 101 Å². The standard InChI is InChI=1S/C37H55N17O6.C27H25ClN4O4/c1-8-13-53-15-17-54(18-16-53)14-9-11-38-28(55)10-12-39-34(57)30-42-25(20-49(30)4)45-36(59)32-44-27(22-51(32)6)47-37(60)33-43-26(21-52(33)7)46-35(58)31-41-24(19-50(31)5)40-29(56)23-48(2)3;1-3-29-26(35)15-4-6-19-20(9-15)25-17(12-28)13-32(23(25)11-24(19)34)27(36)22-10-16-8-18(30-14(2)33)5-7-21(16)31-22/h19-22H,8-18,23H2,1-7H3,(H,38,55)(H,39,57)(H,40,56)(H,45,59)(H,46,58)(H,47,60);4-11,17,31,34H,3,12-13H2,1-2H3,(H,29,35)(H,30,33). The number of carbonyl (C=O) groups is 9. The van der Waals surface area contributed by atoms with Crippen LogP contribution in [0.5, 0.6) is 5.75 Å². The van der Waals surface area contributed by atoms with Crippen molar-refractivity contribution in [3.63, 3.8) is 0 Å². The zero-order chi connectivity index (χ0) is 69.1. The number of nitrogens with zero attached hydrogens (tertiary/aromatic N) is 12. The Morgan fingerprint density at radius 1 is 0.615 bits per heavy atom. The predicted octanol–water partition coefficient (Wildman–Crippen LogP) is 4.25. The van der Waals surface area contributed by atoms with Crippen LogP contribution in [0.2, 0.25) is 0 Å². The summed E-state index contributed by atoms with van der Waals surface area (Å²) in [4.78, 5) is 142. The zero-order valence-corrected chi connectivity index (χ0v) is 55.7. The Morgan fingerprint density at radius 2 is 1.17 bits per heavy atom. The molecule has 0 saturated carbocycles. The van der Waals surface area contributed by atoms with Crippen LogP contribution in [0.25, 0.3) is 21.7 Å². The molecule has 5 aromatic heterocycles. The van der Waals surface area contributed by atoms with Crippen LogP contribution in [-0.4, -0.2) is 208 Å². The van der Waals surface area contributed by atoms with Crippen molar-refractivity contribution in [1.82, 2.24) is 73.8 Å². The molecule has 0 spiro atoms. The highest BCUT2D eigenvalue weighted by atomic mass is 35.5. The van der Waals surface area contributed by atoms with E-state index >= 15 is 0 Å². The van der Waals surface area contributed by atoms with E-state index in [-0.39, 0.29) is 113 Å². The number of phenolic OH excluding ortho intramolecular Hbond substituents is 1. The largest absolute Gasteiger partial charge is 0.507 e. The number of aromatic nitrogens is 9. The highest BCUT2D eigenvalue weighted by molar-refractivity contribution is 6.19. The number of nitrogens with one attached hydrogen (secondary N) is 9. The molecular formula is C64H80ClN21O10. The first-order chi connectivity index (χ1) is 45.9. The molecule has 32 heteroatoms. The van der Waals surface area contributed by atoms with Crippen LogP contribution in [0.4, 0.5) is 34.6 Å². The van der Waals surface area contributed by atoms with Gasteiger partial charge in [0.15, 0.2) is 23.3 Å². The van der Waals surface area contributed by atoms with Gasteiger partial charge < -0.3 is 90.5 Å². The van der Waals surface area contributed by atoms with Gasteiger partial charge in [-0.15, -0.1) is 11.6 Å². The summed E-state index contributed by atoms with van der Waals surface area (Å²) >= 11 is 6.34. The van der Waals surface area contributed by atoms with E-state index in [2.05, 4.69) is 84.2 Å². The Bertz CT molecular complexity index is 4250. The monoisotopic (exact) mass is 1340 g/mol. The van der Waals surface area contributed by atoms with E-state index in [0.29, 0.717) is 53.0 Å². The number of likely N-dealkylation sites (N-methyl/N-ethyl adjacent to an activating group) is 1. The summed E-state index contributed by atoms with van der Waals surface area (Å²) in [5.74, 6) is -3.15. The van der Waals surface area contributed by atoms with Gasteiger partial charge in [0.25, 0.3) is 35.4 Å². The summed E-state index contributed by atoms with van der Waals surface area (Å²) in [6.45, 7) is 13.5. The second-order valence-electron chi connectivity index (χ2n) is 23.7. The third kappa shape index (κ3) is 17.1. The molecule has 1 unspecified atom stereocenters. The highest BCUT2D eigenvalue weighted by Gasteiger charge is 2.36. The van der Waals surface area contributed by atoms with Crippen LogP contribution in [0, 0.1) is 0 Å². The number of rotatable bonds is 24. The Hall–Kier alpha value is -10.5. The predicted molar refractivity (Wildman–Crippen MR) is 363 cm³/mol. The first-order valence-electron chi connectivity index (χ1n) is 31.3. The fraction of sp³-hybridized carbons (Fsp3) is 0.391. The smallest absolute Gasteiger partial charge is 0.292 e. The SMILES string of the molecule is CCCN1CCN(CCCNC(=O)CCNC(=O)c2nc(NC(=O)c3nc(NC(=O)c4nc(NC(=O)c5nc(NC(=O)CN(C)C)cn5C)cn4C)cn3C)cn2C)CC1.CCNC(=O)c1ccc2c(O)cc3c(c2c1)C(CCl)CN3C(=O)c1cc2cc(NC(C)=O)ccc2[nH]1. The van der Waals surface area contributed by atoms with Gasteiger partial charge in [-0.05, 0) is 100 Å². The molecule has 0 bridgehead atoms. The molecule has 2 aliphatic heterocycles. The number of fused-ring (bicyclic) bond motifs is 4. The number of aromatic hydroxyl groups is 1. The van der Waals surface area contributed by atoms with Gasteiger partial charge in [-0.3, -0.25) is 43.2 Å². The third-order valence-corrected chi connectivity index (χ3v) is 16.2. The Morgan fingerprint density at radius 3 is 1.70 bits per heavy atom. The van der Waals surface area contributed by atoms with Crippen LogP contribution in [0.15, 0.2) is 73.3 Å². The van der Waals surface area contributed by atoms with Crippen molar-refractivity contribution in [3.05, 3.63) is 113 Å². The molecule has 96 heavy (non-hydrogen) atoms. The van der Waals surface area contributed by atoms with Gasteiger partial charge in [-0.1, -0.05) is 6.92 Å². The third-order valence-electron chi connectivity index (χ3n) is 15.8. The van der Waals surface area contributed by atoms with Gasteiger partial charge in [0.05, 0.1) is 12.2 Å². The van der Waals surface area contributed by atoms with Gasteiger partial charge in [0, 0.05) is 164 Å². The van der Waals surface area contributed by atoms with E-state index in [9.17, 15) is 48.3 Å². The second-order valence-corrected chi connectivity index (χ2v) is 24.0. The maximum absolute atomic E-state index is 13.6. The number of benzene rings is 3. The molecule has 1 atom stereocenters. The van der Waals surface area contributed by atoms with E-state index in [1.807, 2.05) is 6.92 Å². The van der Waals surface area contributed by atoms with Crippen LogP contribution in [-0.2, 0) is 42.6 Å². The second kappa shape index (κ2) is 31.2. The van der Waals surface area contributed by atoms with Gasteiger partial charge in [-0.2, -0.15) is 0 Å². The van der Waals surface area contributed by atoms with Crippen molar-refractivity contribution in [2.45, 2.75) is 46.0 Å². The van der Waals surface area contributed by atoms with Crippen LogP contribution < -0.4 is 47.4 Å². The maximum Gasteiger partial charge on any atom is 0.292 e. The number of anilines is 6. The molecule has 0 radical (unpaired) electrons. The minimum atomic E-state index is -0.671. The molecule has 3 aromatic carbocycles.